The van der Waals surface area contributed by atoms with Crippen LogP contribution in [0.1, 0.15) is 41.6 Å². The molecule has 0 radical (unpaired) electrons. The van der Waals surface area contributed by atoms with Crippen LogP contribution >= 0.6 is 39.9 Å². The molecule has 1 saturated heterocycles. The van der Waals surface area contributed by atoms with Crippen molar-refractivity contribution in [2.75, 3.05) is 20.8 Å². The molecule has 2 N–H and O–H groups in total. The third-order valence-electron chi connectivity index (χ3n) is 5.30. The molecule has 1 fully saturated rings. The van der Waals surface area contributed by atoms with Gasteiger partial charge < -0.3 is 9.47 Å². The summed E-state index contributed by atoms with van der Waals surface area (Å²) in [5, 5.41) is 0. The summed E-state index contributed by atoms with van der Waals surface area (Å²) in [7, 11) is 3.13. The fraction of sp³-hybridized carbons (Fsp3) is 0.280. The van der Waals surface area contributed by atoms with Gasteiger partial charge >= 0.3 is 0 Å². The van der Waals surface area contributed by atoms with Crippen LogP contribution in [0.2, 0.25) is 0 Å². The summed E-state index contributed by atoms with van der Waals surface area (Å²) in [5.41, 5.74) is 6.08. The number of halogens is 1. The molecule has 1 heterocycles. The number of rotatable bonds is 10. The van der Waals surface area contributed by atoms with Crippen molar-refractivity contribution >= 4 is 68.0 Å². The molecule has 2 aromatic carbocycles. The molecule has 0 saturated carbocycles. The number of thioether (sulfide) groups is 1. The highest BCUT2D eigenvalue weighted by Crippen LogP contribution is 2.34. The van der Waals surface area contributed by atoms with Crippen LogP contribution in [0, 0.1) is 0 Å². The maximum atomic E-state index is 12.8. The van der Waals surface area contributed by atoms with Crippen LogP contribution < -0.4 is 20.3 Å². The Morgan fingerprint density at radius 1 is 1.06 bits per heavy atom. The normalized spacial score (nSPS) is 14.2. The number of amides is 3. The fourth-order valence-electron chi connectivity index (χ4n) is 3.42. The zero-order valence-electron chi connectivity index (χ0n) is 19.8. The predicted molar refractivity (Wildman–Crippen MR) is 148 cm³/mol. The second kappa shape index (κ2) is 13.4. The summed E-state index contributed by atoms with van der Waals surface area (Å²) < 4.78 is 11.7. The molecule has 3 amide bonds. The summed E-state index contributed by atoms with van der Waals surface area (Å²) in [6, 6.07) is 12.4. The highest BCUT2D eigenvalue weighted by atomic mass is 79.9. The van der Waals surface area contributed by atoms with Crippen LogP contribution in [0.5, 0.6) is 11.5 Å². The third-order valence-corrected chi connectivity index (χ3v) is 7.37. The average Bonchev–Trinajstić information content (AvgIpc) is 3.14. The van der Waals surface area contributed by atoms with Crippen molar-refractivity contribution in [2.45, 2.75) is 25.7 Å². The lowest BCUT2D eigenvalue weighted by molar-refractivity contribution is -0.123. The number of methoxy groups -OCH3 is 2. The quantitative estimate of drug-likeness (QED) is 0.179. The minimum atomic E-state index is -0.397. The average molecular weight is 593 g/mol. The van der Waals surface area contributed by atoms with E-state index in [1.165, 1.54) is 11.8 Å². The van der Waals surface area contributed by atoms with Crippen molar-refractivity contribution in [1.29, 1.82) is 0 Å². The fourth-order valence-corrected chi connectivity index (χ4v) is 5.19. The minimum absolute atomic E-state index is 0.132. The molecule has 36 heavy (non-hydrogen) atoms. The van der Waals surface area contributed by atoms with E-state index in [0.717, 1.165) is 12.0 Å². The van der Waals surface area contributed by atoms with Crippen LogP contribution in [-0.2, 0) is 9.59 Å². The number of nitrogens with one attached hydrogen (secondary N) is 2. The monoisotopic (exact) mass is 591 g/mol. The lowest BCUT2D eigenvalue weighted by Gasteiger charge is -2.14. The Morgan fingerprint density at radius 3 is 2.53 bits per heavy atom. The van der Waals surface area contributed by atoms with Gasteiger partial charge in [-0.15, -0.1) is 0 Å². The molecular weight excluding hydrogens is 566 g/mol. The van der Waals surface area contributed by atoms with Crippen LogP contribution in [0.4, 0.5) is 0 Å². The molecular formula is C25H26BrN3O5S2. The van der Waals surface area contributed by atoms with Crippen LogP contribution in [0.15, 0.2) is 51.8 Å². The van der Waals surface area contributed by atoms with E-state index in [2.05, 4.69) is 26.8 Å². The third kappa shape index (κ3) is 7.31. The second-order valence-corrected chi connectivity index (χ2v) is 10.3. The topological polar surface area (TPSA) is 97.0 Å². The van der Waals surface area contributed by atoms with Crippen molar-refractivity contribution < 1.29 is 23.9 Å². The second-order valence-electron chi connectivity index (χ2n) is 7.74. The Hall–Kier alpha value is -2.89. The van der Waals surface area contributed by atoms with Gasteiger partial charge in [-0.25, -0.2) is 0 Å². The number of carbonyl (C=O) groups is 3. The predicted octanol–water partition coefficient (Wildman–Crippen LogP) is 4.69. The molecule has 0 aliphatic carbocycles. The summed E-state index contributed by atoms with van der Waals surface area (Å²) in [4.78, 5) is 39.2. The summed E-state index contributed by atoms with van der Waals surface area (Å²) in [6.45, 7) is 0.480. The highest BCUT2D eigenvalue weighted by molar-refractivity contribution is 9.10. The zero-order valence-corrected chi connectivity index (χ0v) is 23.1. The molecule has 190 valence electrons. The van der Waals surface area contributed by atoms with Crippen LogP contribution in [0.25, 0.3) is 6.08 Å². The smallest absolute Gasteiger partial charge is 0.270 e. The van der Waals surface area contributed by atoms with E-state index in [0.29, 0.717) is 50.1 Å². The molecule has 0 atom stereocenters. The molecule has 1 aliphatic heterocycles. The van der Waals surface area contributed by atoms with Crippen LogP contribution in [-0.4, -0.2) is 47.7 Å². The Bertz CT molecular complexity index is 1190. The van der Waals surface area contributed by atoms with Crippen molar-refractivity contribution in [2.24, 2.45) is 0 Å². The summed E-state index contributed by atoms with van der Waals surface area (Å²) in [5.74, 6) is 0.387. The van der Waals surface area contributed by atoms with Gasteiger partial charge in [-0.05, 0) is 64.7 Å². The van der Waals surface area contributed by atoms with E-state index < -0.39 is 5.91 Å². The number of benzene rings is 2. The van der Waals surface area contributed by atoms with E-state index >= 15 is 0 Å². The molecule has 0 bridgehead atoms. The first kappa shape index (κ1) is 27.7. The Kier molecular flexibility index (Phi) is 10.3. The molecule has 3 rings (SSSR count). The van der Waals surface area contributed by atoms with Crippen molar-refractivity contribution in [3.05, 3.63) is 63.0 Å². The Balaban J connectivity index is 1.41. The Morgan fingerprint density at radius 2 is 1.81 bits per heavy atom. The summed E-state index contributed by atoms with van der Waals surface area (Å²) >= 11 is 9.97. The van der Waals surface area contributed by atoms with Crippen LogP contribution in [0.3, 0.4) is 0 Å². The first-order valence-corrected chi connectivity index (χ1v) is 13.2. The molecule has 0 spiro atoms. The van der Waals surface area contributed by atoms with Gasteiger partial charge in [-0.2, -0.15) is 0 Å². The number of carbonyl (C=O) groups excluding carboxylic acids is 3. The van der Waals surface area contributed by atoms with E-state index in [4.69, 9.17) is 21.7 Å². The first-order valence-electron chi connectivity index (χ1n) is 11.1. The van der Waals surface area contributed by atoms with Gasteiger partial charge in [-0.3, -0.25) is 30.1 Å². The summed E-state index contributed by atoms with van der Waals surface area (Å²) in [6.07, 6.45) is 4.10. The van der Waals surface area contributed by atoms with E-state index in [9.17, 15) is 14.4 Å². The van der Waals surface area contributed by atoms with Crippen molar-refractivity contribution in [3.8, 4) is 11.5 Å². The van der Waals surface area contributed by atoms with Gasteiger partial charge in [0.15, 0.2) is 11.5 Å². The van der Waals surface area contributed by atoms with E-state index in [1.54, 1.807) is 61.6 Å². The number of hydrogen-bond donors (Lipinski definition) is 2. The molecule has 8 nitrogen and oxygen atoms in total. The maximum Gasteiger partial charge on any atom is 0.270 e. The van der Waals surface area contributed by atoms with Crippen molar-refractivity contribution in [1.82, 2.24) is 15.8 Å². The maximum absolute atomic E-state index is 12.8. The number of hydrazine groups is 1. The van der Waals surface area contributed by atoms with Gasteiger partial charge in [0.05, 0.1) is 24.7 Å². The van der Waals surface area contributed by atoms with E-state index in [1.807, 2.05) is 6.07 Å². The first-order chi connectivity index (χ1) is 17.3. The van der Waals surface area contributed by atoms with Gasteiger partial charge in [0, 0.05) is 17.4 Å². The molecule has 1 aliphatic rings. The van der Waals surface area contributed by atoms with Gasteiger partial charge in [0.2, 0.25) is 5.91 Å². The molecule has 11 heteroatoms. The van der Waals surface area contributed by atoms with E-state index in [-0.39, 0.29) is 18.2 Å². The number of hydrogen-bond acceptors (Lipinski definition) is 7. The highest BCUT2D eigenvalue weighted by Gasteiger charge is 2.31. The van der Waals surface area contributed by atoms with Crippen molar-refractivity contribution in [3.63, 3.8) is 0 Å². The van der Waals surface area contributed by atoms with Gasteiger partial charge in [0.25, 0.3) is 11.8 Å². The number of thiocarbonyl (C=S) groups is 1. The molecule has 0 aromatic heterocycles. The largest absolute Gasteiger partial charge is 0.493 e. The zero-order chi connectivity index (χ0) is 26.1. The number of unbranched alkanes of at least 4 members (excludes halogenated alkanes) is 2. The lowest BCUT2D eigenvalue weighted by Crippen LogP contribution is -2.41. The number of ether oxygens (including phenoxy) is 2. The SMILES string of the molecule is COc1ccc(C=C2SC(=S)N(CCCCCC(=O)NNC(=O)c3ccccc3Br)C2=O)cc1OC. The molecule has 0 unspecified atom stereocenters. The molecule has 2 aromatic rings. The van der Waals surface area contributed by atoms with Gasteiger partial charge in [0.1, 0.15) is 4.32 Å². The Labute approximate surface area is 227 Å². The number of nitrogens with zero attached hydrogens (tertiary/aromatic N) is 1. The van der Waals surface area contributed by atoms with Gasteiger partial charge in [-0.1, -0.05) is 48.6 Å². The lowest BCUT2D eigenvalue weighted by atomic mass is 10.1. The minimum Gasteiger partial charge on any atom is -0.493 e. The standard InChI is InChI=1S/C25H26BrN3O5S2/c1-33-19-12-11-16(14-20(19)34-2)15-21-24(32)29(25(35)36-21)13-7-3-4-10-22(30)27-28-23(31)17-8-5-6-9-18(17)26/h5-6,8-9,11-12,14-15H,3-4,7,10,13H2,1-2H3,(H,27,30)(H,28,31).